The van der Waals surface area contributed by atoms with Crippen LogP contribution in [0.15, 0.2) is 36.4 Å². The minimum Gasteiger partial charge on any atom is -0.497 e. The highest BCUT2D eigenvalue weighted by molar-refractivity contribution is 5.40. The van der Waals surface area contributed by atoms with Crippen molar-refractivity contribution in [3.63, 3.8) is 0 Å². The van der Waals surface area contributed by atoms with Crippen molar-refractivity contribution in [1.29, 1.82) is 0 Å². The van der Waals surface area contributed by atoms with Gasteiger partial charge in [-0.15, -0.1) is 0 Å². The van der Waals surface area contributed by atoms with E-state index in [0.717, 1.165) is 23.1 Å². The van der Waals surface area contributed by atoms with Gasteiger partial charge in [-0.25, -0.2) is 8.78 Å². The lowest BCUT2D eigenvalue weighted by Crippen LogP contribution is -2.18. The molecule has 0 fully saturated rings. The van der Waals surface area contributed by atoms with Gasteiger partial charge in [-0.2, -0.15) is 0 Å². The molecule has 0 heterocycles. The molecule has 1 unspecified atom stereocenters. The van der Waals surface area contributed by atoms with E-state index in [4.69, 9.17) is 9.47 Å². The van der Waals surface area contributed by atoms with Crippen LogP contribution in [-0.2, 0) is 6.54 Å². The predicted octanol–water partition coefficient (Wildman–Crippen LogP) is 3.83. The Balaban J connectivity index is 2.10. The van der Waals surface area contributed by atoms with E-state index in [1.807, 2.05) is 25.1 Å². The molecule has 0 aromatic heterocycles. The minimum atomic E-state index is -0.842. The molecule has 0 bridgehead atoms. The summed E-state index contributed by atoms with van der Waals surface area (Å²) in [6.45, 7) is 2.40. The molecular weight excluding hydrogens is 288 g/mol. The van der Waals surface area contributed by atoms with E-state index >= 15 is 0 Å². The smallest absolute Gasteiger partial charge is 0.159 e. The molecule has 1 N–H and O–H groups in total. The summed E-state index contributed by atoms with van der Waals surface area (Å²) in [6, 6.07) is 9.30. The second-order valence-corrected chi connectivity index (χ2v) is 4.95. The molecule has 1 atom stereocenters. The molecule has 5 heteroatoms. The van der Waals surface area contributed by atoms with Gasteiger partial charge in [0.15, 0.2) is 11.6 Å². The van der Waals surface area contributed by atoms with Crippen molar-refractivity contribution in [1.82, 2.24) is 5.32 Å². The summed E-state index contributed by atoms with van der Waals surface area (Å²) < 4.78 is 36.8. The summed E-state index contributed by atoms with van der Waals surface area (Å²) in [5.74, 6) is -0.209. The number of benzene rings is 2. The van der Waals surface area contributed by atoms with Crippen LogP contribution in [0.25, 0.3) is 0 Å². The summed E-state index contributed by atoms with van der Waals surface area (Å²) in [5, 5.41) is 3.26. The number of nitrogens with one attached hydrogen (secondary N) is 1. The Morgan fingerprint density at radius 3 is 2.41 bits per heavy atom. The van der Waals surface area contributed by atoms with Crippen LogP contribution >= 0.6 is 0 Å². The number of hydrogen-bond acceptors (Lipinski definition) is 3. The number of ether oxygens (including phenoxy) is 2. The topological polar surface area (TPSA) is 30.5 Å². The number of halogens is 2. The minimum absolute atomic E-state index is 0.133. The van der Waals surface area contributed by atoms with E-state index in [1.165, 1.54) is 6.07 Å². The molecule has 3 nitrogen and oxygen atoms in total. The number of hydrogen-bond donors (Lipinski definition) is 1. The fourth-order valence-electron chi connectivity index (χ4n) is 2.18. The Bertz CT molecular complexity index is 647. The van der Waals surface area contributed by atoms with Crippen LogP contribution in [0.4, 0.5) is 8.78 Å². The lowest BCUT2D eigenvalue weighted by molar-refractivity contribution is 0.395. The Hall–Kier alpha value is -2.14. The van der Waals surface area contributed by atoms with Crippen LogP contribution in [-0.4, -0.2) is 14.2 Å². The maximum absolute atomic E-state index is 13.3. The lowest BCUT2D eigenvalue weighted by Gasteiger charge is -2.16. The zero-order valence-electron chi connectivity index (χ0n) is 12.8. The molecule has 2 aromatic rings. The summed E-state index contributed by atoms with van der Waals surface area (Å²) in [6.07, 6.45) is 0. The van der Waals surface area contributed by atoms with Gasteiger partial charge >= 0.3 is 0 Å². The highest BCUT2D eigenvalue weighted by atomic mass is 19.2. The number of methoxy groups -OCH3 is 2. The highest BCUT2D eigenvalue weighted by Gasteiger charge is 2.11. The highest BCUT2D eigenvalue weighted by Crippen LogP contribution is 2.25. The van der Waals surface area contributed by atoms with Crippen molar-refractivity contribution in [3.05, 3.63) is 59.2 Å². The third kappa shape index (κ3) is 3.74. The molecule has 2 rings (SSSR count). The Labute approximate surface area is 128 Å². The molecule has 0 aliphatic carbocycles. The van der Waals surface area contributed by atoms with E-state index in [0.29, 0.717) is 12.1 Å². The summed E-state index contributed by atoms with van der Waals surface area (Å²) >= 11 is 0. The maximum Gasteiger partial charge on any atom is 0.159 e. The molecule has 0 saturated heterocycles. The zero-order valence-corrected chi connectivity index (χ0v) is 12.8. The Kier molecular flexibility index (Phi) is 5.33. The van der Waals surface area contributed by atoms with Crippen LogP contribution in [0.5, 0.6) is 11.5 Å². The fourth-order valence-corrected chi connectivity index (χ4v) is 2.18. The zero-order chi connectivity index (χ0) is 16.1. The molecule has 0 spiro atoms. The molecule has 0 amide bonds. The quantitative estimate of drug-likeness (QED) is 0.880. The van der Waals surface area contributed by atoms with Crippen LogP contribution in [0.2, 0.25) is 0 Å². The van der Waals surface area contributed by atoms with Gasteiger partial charge in [-0.3, -0.25) is 0 Å². The van der Waals surface area contributed by atoms with Gasteiger partial charge in [0.25, 0.3) is 0 Å². The largest absolute Gasteiger partial charge is 0.497 e. The first kappa shape index (κ1) is 16.2. The molecule has 118 valence electrons. The van der Waals surface area contributed by atoms with Crippen LogP contribution in [0.3, 0.4) is 0 Å². The molecule has 0 aliphatic heterocycles. The van der Waals surface area contributed by atoms with Gasteiger partial charge in [0.2, 0.25) is 0 Å². The van der Waals surface area contributed by atoms with Crippen LogP contribution in [0, 0.1) is 11.6 Å². The van der Waals surface area contributed by atoms with Gasteiger partial charge < -0.3 is 14.8 Å². The van der Waals surface area contributed by atoms with Crippen molar-refractivity contribution in [2.45, 2.75) is 19.5 Å². The van der Waals surface area contributed by atoms with Gasteiger partial charge in [0.1, 0.15) is 11.5 Å². The van der Waals surface area contributed by atoms with E-state index in [-0.39, 0.29) is 6.04 Å². The molecule has 0 aliphatic rings. The first-order valence-electron chi connectivity index (χ1n) is 6.94. The summed E-state index contributed by atoms with van der Waals surface area (Å²) in [5.41, 5.74) is 1.61. The van der Waals surface area contributed by atoms with Gasteiger partial charge in [-0.05, 0) is 42.8 Å². The first-order chi connectivity index (χ1) is 10.5. The van der Waals surface area contributed by atoms with Gasteiger partial charge in [0.05, 0.1) is 14.2 Å². The molecule has 0 radical (unpaired) electrons. The van der Waals surface area contributed by atoms with Crippen molar-refractivity contribution in [3.8, 4) is 11.5 Å². The van der Waals surface area contributed by atoms with Gasteiger partial charge in [-0.1, -0.05) is 6.07 Å². The van der Waals surface area contributed by atoms with Crippen molar-refractivity contribution in [2.24, 2.45) is 0 Å². The Morgan fingerprint density at radius 1 is 1.00 bits per heavy atom. The maximum atomic E-state index is 13.3. The van der Waals surface area contributed by atoms with E-state index in [1.54, 1.807) is 20.3 Å². The molecular formula is C17H19F2NO2. The predicted molar refractivity (Wildman–Crippen MR) is 81.2 cm³/mol. The average Bonchev–Trinajstić information content (AvgIpc) is 2.54. The SMILES string of the molecule is COc1ccc(OC)c(CNC(C)c2ccc(F)c(F)c2)c1. The van der Waals surface area contributed by atoms with Gasteiger partial charge in [0, 0.05) is 18.2 Å². The molecule has 2 aromatic carbocycles. The molecule has 0 saturated carbocycles. The second kappa shape index (κ2) is 7.22. The first-order valence-corrected chi connectivity index (χ1v) is 6.94. The monoisotopic (exact) mass is 307 g/mol. The van der Waals surface area contributed by atoms with Crippen molar-refractivity contribution < 1.29 is 18.3 Å². The summed E-state index contributed by atoms with van der Waals surface area (Å²) in [7, 11) is 3.20. The second-order valence-electron chi connectivity index (χ2n) is 4.95. The molecule has 22 heavy (non-hydrogen) atoms. The third-order valence-electron chi connectivity index (χ3n) is 3.53. The van der Waals surface area contributed by atoms with Crippen LogP contribution < -0.4 is 14.8 Å². The standard InChI is InChI=1S/C17H19F2NO2/c1-11(12-4-6-15(18)16(19)9-12)20-10-13-8-14(21-2)5-7-17(13)22-3/h4-9,11,20H,10H2,1-3H3. The van der Waals surface area contributed by atoms with Crippen molar-refractivity contribution in [2.75, 3.05) is 14.2 Å². The van der Waals surface area contributed by atoms with E-state index < -0.39 is 11.6 Å². The average molecular weight is 307 g/mol. The van der Waals surface area contributed by atoms with E-state index in [9.17, 15) is 8.78 Å². The number of rotatable bonds is 6. The van der Waals surface area contributed by atoms with Crippen molar-refractivity contribution >= 4 is 0 Å². The summed E-state index contributed by atoms with van der Waals surface area (Å²) in [4.78, 5) is 0. The normalized spacial score (nSPS) is 12.0. The van der Waals surface area contributed by atoms with Crippen LogP contribution in [0.1, 0.15) is 24.1 Å². The Morgan fingerprint density at radius 2 is 1.77 bits per heavy atom. The van der Waals surface area contributed by atoms with E-state index in [2.05, 4.69) is 5.32 Å². The fraction of sp³-hybridized carbons (Fsp3) is 0.294. The lowest BCUT2D eigenvalue weighted by atomic mass is 10.1. The third-order valence-corrected chi connectivity index (χ3v) is 3.53.